The Balaban J connectivity index is 2.25. The summed E-state index contributed by atoms with van der Waals surface area (Å²) in [6.07, 6.45) is 0.444. The molecule has 1 unspecified atom stereocenters. The molecule has 0 fully saturated rings. The van der Waals surface area contributed by atoms with Crippen LogP contribution >= 0.6 is 11.8 Å². The largest absolute Gasteiger partial charge is 0.480 e. The van der Waals surface area contributed by atoms with E-state index >= 15 is 0 Å². The molecule has 0 radical (unpaired) electrons. The summed E-state index contributed by atoms with van der Waals surface area (Å²) < 4.78 is 0. The van der Waals surface area contributed by atoms with Crippen molar-refractivity contribution in [2.24, 2.45) is 5.73 Å². The molecule has 18 heavy (non-hydrogen) atoms. The van der Waals surface area contributed by atoms with Crippen LogP contribution in [-0.4, -0.2) is 29.4 Å². The van der Waals surface area contributed by atoms with Crippen molar-refractivity contribution in [1.29, 1.82) is 0 Å². The molecule has 0 heterocycles. The van der Waals surface area contributed by atoms with Gasteiger partial charge in [0.15, 0.2) is 0 Å². The van der Waals surface area contributed by atoms with Gasteiger partial charge in [-0.15, -0.1) is 11.8 Å². The summed E-state index contributed by atoms with van der Waals surface area (Å²) in [6.45, 7) is 3.48. The number of nitrogens with one attached hydrogen (secondary N) is 1. The SMILES string of the molecule is CCSc1ccc(CNCCC(N)C(=O)O)cc1. The number of thioether (sulfide) groups is 1. The lowest BCUT2D eigenvalue weighted by Gasteiger charge is -2.08. The molecule has 0 saturated heterocycles. The molecule has 0 aliphatic carbocycles. The molecule has 1 atom stereocenters. The minimum atomic E-state index is -0.947. The highest BCUT2D eigenvalue weighted by atomic mass is 32.2. The van der Waals surface area contributed by atoms with Gasteiger partial charge in [0.05, 0.1) is 0 Å². The van der Waals surface area contributed by atoms with Gasteiger partial charge < -0.3 is 16.2 Å². The molecular weight excluding hydrogens is 248 g/mol. The first kappa shape index (κ1) is 15.0. The predicted octanol–water partition coefficient (Wildman–Crippen LogP) is 1.69. The van der Waals surface area contributed by atoms with Crippen LogP contribution in [0.1, 0.15) is 18.9 Å². The van der Waals surface area contributed by atoms with E-state index in [1.54, 1.807) is 0 Å². The number of carboxylic acid groups (broad SMARTS) is 1. The van der Waals surface area contributed by atoms with E-state index < -0.39 is 12.0 Å². The topological polar surface area (TPSA) is 75.3 Å². The van der Waals surface area contributed by atoms with Crippen LogP contribution in [-0.2, 0) is 11.3 Å². The van der Waals surface area contributed by atoms with Gasteiger partial charge >= 0.3 is 5.97 Å². The Hall–Kier alpha value is -1.04. The number of hydrogen-bond acceptors (Lipinski definition) is 4. The van der Waals surface area contributed by atoms with Gasteiger partial charge in [-0.25, -0.2) is 0 Å². The summed E-state index contributed by atoms with van der Waals surface area (Å²) in [4.78, 5) is 11.8. The number of nitrogens with two attached hydrogens (primary N) is 1. The van der Waals surface area contributed by atoms with Crippen LogP contribution < -0.4 is 11.1 Å². The third-order valence-electron chi connectivity index (χ3n) is 2.51. The van der Waals surface area contributed by atoms with E-state index in [0.717, 1.165) is 12.3 Å². The van der Waals surface area contributed by atoms with E-state index in [4.69, 9.17) is 10.8 Å². The summed E-state index contributed by atoms with van der Waals surface area (Å²) in [5, 5.41) is 11.8. The molecule has 0 saturated carbocycles. The van der Waals surface area contributed by atoms with Crippen LogP contribution in [0.5, 0.6) is 0 Å². The number of benzene rings is 1. The number of hydrogen-bond donors (Lipinski definition) is 3. The second-order valence-corrected chi connectivity index (χ2v) is 5.32. The average Bonchev–Trinajstić information content (AvgIpc) is 2.36. The van der Waals surface area contributed by atoms with Crippen LogP contribution in [0.2, 0.25) is 0 Å². The normalized spacial score (nSPS) is 12.3. The molecule has 4 N–H and O–H groups in total. The Kier molecular flexibility index (Phi) is 6.78. The highest BCUT2D eigenvalue weighted by Gasteiger charge is 2.09. The summed E-state index contributed by atoms with van der Waals surface area (Å²) in [6, 6.07) is 7.60. The molecule has 1 rings (SSSR count). The number of rotatable bonds is 8. The van der Waals surface area contributed by atoms with Crippen LogP contribution in [0, 0.1) is 0 Å². The highest BCUT2D eigenvalue weighted by molar-refractivity contribution is 7.99. The van der Waals surface area contributed by atoms with Crippen molar-refractivity contribution in [2.75, 3.05) is 12.3 Å². The smallest absolute Gasteiger partial charge is 0.320 e. The fourth-order valence-corrected chi connectivity index (χ4v) is 2.15. The summed E-state index contributed by atoms with van der Waals surface area (Å²) in [7, 11) is 0. The van der Waals surface area contributed by atoms with Gasteiger partial charge in [0.25, 0.3) is 0 Å². The van der Waals surface area contributed by atoms with Gasteiger partial charge in [0.2, 0.25) is 0 Å². The van der Waals surface area contributed by atoms with Crippen molar-refractivity contribution < 1.29 is 9.90 Å². The maximum atomic E-state index is 10.5. The second-order valence-electron chi connectivity index (χ2n) is 3.99. The lowest BCUT2D eigenvalue weighted by molar-refractivity contribution is -0.138. The highest BCUT2D eigenvalue weighted by Crippen LogP contribution is 2.17. The van der Waals surface area contributed by atoms with Crippen LogP contribution in [0.25, 0.3) is 0 Å². The first-order chi connectivity index (χ1) is 8.63. The Morgan fingerprint density at radius 2 is 2.11 bits per heavy atom. The molecule has 4 nitrogen and oxygen atoms in total. The fourth-order valence-electron chi connectivity index (χ4n) is 1.48. The van der Waals surface area contributed by atoms with Crippen molar-refractivity contribution in [2.45, 2.75) is 30.8 Å². The molecule has 0 bridgehead atoms. The lowest BCUT2D eigenvalue weighted by atomic mass is 10.2. The maximum Gasteiger partial charge on any atom is 0.320 e. The summed E-state index contributed by atoms with van der Waals surface area (Å²) >= 11 is 1.82. The number of carboxylic acids is 1. The van der Waals surface area contributed by atoms with Crippen molar-refractivity contribution in [3.05, 3.63) is 29.8 Å². The zero-order chi connectivity index (χ0) is 13.4. The number of aliphatic carboxylic acids is 1. The summed E-state index contributed by atoms with van der Waals surface area (Å²) in [5.74, 6) is 0.128. The van der Waals surface area contributed by atoms with Crippen LogP contribution in [0.15, 0.2) is 29.2 Å². The Labute approximate surface area is 112 Å². The molecular formula is C13H20N2O2S. The predicted molar refractivity (Wildman–Crippen MR) is 74.8 cm³/mol. The van der Waals surface area contributed by atoms with Crippen molar-refractivity contribution in [1.82, 2.24) is 5.32 Å². The molecule has 0 aliphatic rings. The minimum Gasteiger partial charge on any atom is -0.480 e. The second kappa shape index (κ2) is 8.13. The Morgan fingerprint density at radius 1 is 1.44 bits per heavy atom. The molecule has 100 valence electrons. The quantitative estimate of drug-likeness (QED) is 0.494. The number of carbonyl (C=O) groups is 1. The Bertz CT molecular complexity index is 368. The van der Waals surface area contributed by atoms with Crippen molar-refractivity contribution in [3.63, 3.8) is 0 Å². The fraction of sp³-hybridized carbons (Fsp3) is 0.462. The van der Waals surface area contributed by atoms with Crippen LogP contribution in [0.3, 0.4) is 0 Å². The maximum absolute atomic E-state index is 10.5. The molecule has 0 aliphatic heterocycles. The van der Waals surface area contributed by atoms with Crippen LogP contribution in [0.4, 0.5) is 0 Å². The van der Waals surface area contributed by atoms with Crippen molar-refractivity contribution in [3.8, 4) is 0 Å². The zero-order valence-electron chi connectivity index (χ0n) is 10.6. The molecule has 0 amide bonds. The van der Waals surface area contributed by atoms with E-state index in [1.807, 2.05) is 11.8 Å². The molecule has 5 heteroatoms. The van der Waals surface area contributed by atoms with Gasteiger partial charge in [-0.3, -0.25) is 4.79 Å². The first-order valence-electron chi connectivity index (χ1n) is 6.04. The third kappa shape index (κ3) is 5.53. The standard InChI is InChI=1S/C13H20N2O2S/c1-2-18-11-5-3-10(4-6-11)9-15-8-7-12(14)13(16)17/h3-6,12,15H,2,7-9,14H2,1H3,(H,16,17). The van der Waals surface area contributed by atoms with E-state index in [2.05, 4.69) is 36.5 Å². The van der Waals surface area contributed by atoms with Gasteiger partial charge in [-0.2, -0.15) is 0 Å². The van der Waals surface area contributed by atoms with Gasteiger partial charge in [0, 0.05) is 11.4 Å². The average molecular weight is 268 g/mol. The third-order valence-corrected chi connectivity index (χ3v) is 3.41. The zero-order valence-corrected chi connectivity index (χ0v) is 11.4. The Morgan fingerprint density at radius 3 is 2.67 bits per heavy atom. The monoisotopic (exact) mass is 268 g/mol. The van der Waals surface area contributed by atoms with Gasteiger partial charge in [-0.1, -0.05) is 19.1 Å². The molecule has 0 spiro atoms. The molecule has 1 aromatic rings. The minimum absolute atomic E-state index is 0.444. The van der Waals surface area contributed by atoms with E-state index in [0.29, 0.717) is 13.0 Å². The molecule has 1 aromatic carbocycles. The van der Waals surface area contributed by atoms with Crippen molar-refractivity contribution >= 4 is 17.7 Å². The molecule has 0 aromatic heterocycles. The summed E-state index contributed by atoms with van der Waals surface area (Å²) in [5.41, 5.74) is 6.60. The van der Waals surface area contributed by atoms with E-state index in [-0.39, 0.29) is 0 Å². The first-order valence-corrected chi connectivity index (χ1v) is 7.03. The van der Waals surface area contributed by atoms with Gasteiger partial charge in [0.1, 0.15) is 6.04 Å². The van der Waals surface area contributed by atoms with Gasteiger partial charge in [-0.05, 0) is 36.4 Å². The van der Waals surface area contributed by atoms with E-state index in [1.165, 1.54) is 10.5 Å². The lowest BCUT2D eigenvalue weighted by Crippen LogP contribution is -2.33. The van der Waals surface area contributed by atoms with E-state index in [9.17, 15) is 4.79 Å².